The smallest absolute Gasteiger partial charge is 0.259 e. The third-order valence-corrected chi connectivity index (χ3v) is 3.39. The lowest BCUT2D eigenvalue weighted by molar-refractivity contribution is 0.0968. The molecule has 0 unspecified atom stereocenters. The van der Waals surface area contributed by atoms with Crippen LogP contribution in [0.2, 0.25) is 0 Å². The van der Waals surface area contributed by atoms with Crippen molar-refractivity contribution in [1.82, 2.24) is 4.98 Å². The Labute approximate surface area is 116 Å². The normalized spacial score (nSPS) is 11.0. The summed E-state index contributed by atoms with van der Waals surface area (Å²) >= 11 is 0. The molecule has 3 rings (SSSR count). The molecule has 0 aliphatic heterocycles. The van der Waals surface area contributed by atoms with Crippen LogP contribution in [0.4, 0.5) is 0 Å². The molecular weight excluding hydrogens is 274 g/mol. The van der Waals surface area contributed by atoms with Crippen molar-refractivity contribution in [2.24, 2.45) is 11.5 Å². The zero-order chi connectivity index (χ0) is 15.3. The van der Waals surface area contributed by atoms with Crippen LogP contribution in [-0.2, 0) is 0 Å². The molecule has 5 N–H and O–H groups in total. The van der Waals surface area contributed by atoms with Crippen LogP contribution in [-0.4, -0.2) is 16.8 Å². The van der Waals surface area contributed by atoms with E-state index in [0.29, 0.717) is 10.8 Å². The maximum absolute atomic E-state index is 12.2. The van der Waals surface area contributed by atoms with E-state index < -0.39 is 22.9 Å². The van der Waals surface area contributed by atoms with Crippen LogP contribution in [0.25, 0.3) is 21.5 Å². The Bertz CT molecular complexity index is 1040. The van der Waals surface area contributed by atoms with Crippen molar-refractivity contribution in [2.45, 2.75) is 0 Å². The highest BCUT2D eigenvalue weighted by Crippen LogP contribution is 2.27. The second-order valence-corrected chi connectivity index (χ2v) is 4.59. The van der Waals surface area contributed by atoms with E-state index in [9.17, 15) is 19.2 Å². The molecule has 7 heteroatoms. The lowest BCUT2D eigenvalue weighted by Crippen LogP contribution is -2.23. The first-order valence-corrected chi connectivity index (χ1v) is 5.97. The predicted octanol–water partition coefficient (Wildman–Crippen LogP) is -0.323. The molecular formula is C14H9N3O4. The molecule has 1 heterocycles. The first kappa shape index (κ1) is 12.8. The van der Waals surface area contributed by atoms with Gasteiger partial charge in [-0.1, -0.05) is 12.1 Å². The third kappa shape index (κ3) is 1.68. The number of H-pyrrole nitrogens is 1. The zero-order valence-corrected chi connectivity index (χ0v) is 10.6. The van der Waals surface area contributed by atoms with Crippen molar-refractivity contribution in [3.05, 3.63) is 56.1 Å². The van der Waals surface area contributed by atoms with E-state index in [1.54, 1.807) is 12.1 Å². The quantitative estimate of drug-likeness (QED) is 0.593. The lowest BCUT2D eigenvalue weighted by atomic mass is 9.95. The Hall–Kier alpha value is -3.22. The van der Waals surface area contributed by atoms with Crippen LogP contribution >= 0.6 is 0 Å². The number of carbonyl (C=O) groups is 2. The van der Waals surface area contributed by atoms with Gasteiger partial charge in [0.1, 0.15) is 0 Å². The average molecular weight is 283 g/mol. The molecule has 0 saturated carbocycles. The highest BCUT2D eigenvalue weighted by molar-refractivity contribution is 6.20. The third-order valence-electron chi connectivity index (χ3n) is 3.39. The molecule has 0 saturated heterocycles. The first-order valence-electron chi connectivity index (χ1n) is 5.97. The molecule has 4 bridgehead atoms. The van der Waals surface area contributed by atoms with Gasteiger partial charge in [0, 0.05) is 5.39 Å². The number of hydrogen-bond donors (Lipinski definition) is 3. The minimum absolute atomic E-state index is 0.110. The molecule has 0 atom stereocenters. The van der Waals surface area contributed by atoms with E-state index in [1.165, 1.54) is 12.1 Å². The summed E-state index contributed by atoms with van der Waals surface area (Å²) in [6, 6.07) is 5.97. The summed E-state index contributed by atoms with van der Waals surface area (Å²) in [5, 5.41) is 0.851. The standard InChI is InChI=1S/C14H9N3O4/c15-11(18)8-4-7-5-2-1-3-6(7)13(20)17-14(21)10(5)9(8)12(16)19/h1-4H,(H2,15,18)(H2,16,19)(H,17,20,21). The first-order chi connectivity index (χ1) is 9.91. The second kappa shape index (κ2) is 4.14. The summed E-state index contributed by atoms with van der Waals surface area (Å²) in [5.74, 6) is -1.86. The minimum Gasteiger partial charge on any atom is -0.366 e. The van der Waals surface area contributed by atoms with Gasteiger partial charge in [0.05, 0.1) is 16.5 Å². The monoisotopic (exact) mass is 283 g/mol. The molecule has 21 heavy (non-hydrogen) atoms. The number of carbonyl (C=O) groups excluding carboxylic acids is 2. The maximum atomic E-state index is 12.2. The second-order valence-electron chi connectivity index (χ2n) is 4.59. The van der Waals surface area contributed by atoms with Crippen molar-refractivity contribution >= 4 is 33.4 Å². The fourth-order valence-corrected chi connectivity index (χ4v) is 2.54. The van der Waals surface area contributed by atoms with Crippen molar-refractivity contribution in [1.29, 1.82) is 0 Å². The predicted molar refractivity (Wildman–Crippen MR) is 76.6 cm³/mol. The Morgan fingerprint density at radius 1 is 0.905 bits per heavy atom. The van der Waals surface area contributed by atoms with Crippen LogP contribution in [0.15, 0.2) is 33.9 Å². The summed E-state index contributed by atoms with van der Waals surface area (Å²) in [4.78, 5) is 49.5. The van der Waals surface area contributed by atoms with Gasteiger partial charge in [-0.05, 0) is 22.9 Å². The zero-order valence-electron chi connectivity index (χ0n) is 10.6. The van der Waals surface area contributed by atoms with Gasteiger partial charge in [0.25, 0.3) is 11.1 Å². The molecule has 0 spiro atoms. The number of hydrogen-bond acceptors (Lipinski definition) is 4. The molecule has 1 aromatic heterocycles. The van der Waals surface area contributed by atoms with Crippen LogP contribution in [0.5, 0.6) is 0 Å². The Morgan fingerprint density at radius 3 is 2.19 bits per heavy atom. The summed E-state index contributed by atoms with van der Waals surface area (Å²) in [6.07, 6.45) is 0. The highest BCUT2D eigenvalue weighted by atomic mass is 16.2. The van der Waals surface area contributed by atoms with Crippen molar-refractivity contribution < 1.29 is 9.59 Å². The molecule has 0 aliphatic carbocycles. The number of primary amides is 2. The summed E-state index contributed by atoms with van der Waals surface area (Å²) in [5.41, 5.74) is 8.67. The minimum atomic E-state index is -0.962. The molecule has 3 aromatic rings. The highest BCUT2D eigenvalue weighted by Gasteiger charge is 2.21. The fraction of sp³-hybridized carbons (Fsp3) is 0. The van der Waals surface area contributed by atoms with Crippen LogP contribution < -0.4 is 22.6 Å². The van der Waals surface area contributed by atoms with E-state index in [4.69, 9.17) is 11.5 Å². The van der Waals surface area contributed by atoms with E-state index >= 15 is 0 Å². The van der Waals surface area contributed by atoms with Crippen molar-refractivity contribution in [3.8, 4) is 0 Å². The molecule has 0 radical (unpaired) electrons. The van der Waals surface area contributed by atoms with Crippen LogP contribution in [0.3, 0.4) is 0 Å². The van der Waals surface area contributed by atoms with Crippen LogP contribution in [0, 0.1) is 0 Å². The van der Waals surface area contributed by atoms with E-state index in [-0.39, 0.29) is 21.9 Å². The molecule has 0 aliphatic rings. The van der Waals surface area contributed by atoms with Gasteiger partial charge in [-0.25, -0.2) is 0 Å². The van der Waals surface area contributed by atoms with Gasteiger partial charge in [0.2, 0.25) is 11.8 Å². The average Bonchev–Trinajstić information content (AvgIpc) is 2.48. The number of benzene rings is 2. The Morgan fingerprint density at radius 2 is 1.57 bits per heavy atom. The topological polar surface area (TPSA) is 136 Å². The molecule has 2 amide bonds. The number of aromatic nitrogens is 1. The number of nitrogens with two attached hydrogens (primary N) is 2. The van der Waals surface area contributed by atoms with Gasteiger partial charge in [0.15, 0.2) is 0 Å². The Balaban J connectivity index is 2.83. The van der Waals surface area contributed by atoms with E-state index in [0.717, 1.165) is 0 Å². The van der Waals surface area contributed by atoms with Crippen molar-refractivity contribution in [2.75, 3.05) is 0 Å². The van der Waals surface area contributed by atoms with Gasteiger partial charge < -0.3 is 11.5 Å². The molecule has 2 aromatic carbocycles. The van der Waals surface area contributed by atoms with Crippen LogP contribution in [0.1, 0.15) is 20.7 Å². The number of aromatic amines is 1. The SMILES string of the molecule is NC(=O)c1cc2c3cccc2c(c1C(N)=O)c(=O)[nH]c3=O. The van der Waals surface area contributed by atoms with E-state index in [2.05, 4.69) is 4.98 Å². The largest absolute Gasteiger partial charge is 0.366 e. The number of rotatable bonds is 2. The Kier molecular flexibility index (Phi) is 2.52. The molecule has 0 fully saturated rings. The lowest BCUT2D eigenvalue weighted by Gasteiger charge is -2.08. The van der Waals surface area contributed by atoms with Crippen molar-refractivity contribution in [3.63, 3.8) is 0 Å². The number of nitrogens with one attached hydrogen (secondary N) is 1. The van der Waals surface area contributed by atoms with Gasteiger partial charge in [-0.3, -0.25) is 24.2 Å². The maximum Gasteiger partial charge on any atom is 0.259 e. The summed E-state index contributed by atoms with van der Waals surface area (Å²) < 4.78 is 0. The van der Waals surface area contributed by atoms with E-state index in [1.807, 2.05) is 0 Å². The van der Waals surface area contributed by atoms with Gasteiger partial charge in [-0.2, -0.15) is 0 Å². The molecule has 104 valence electrons. The van der Waals surface area contributed by atoms with Gasteiger partial charge in [-0.15, -0.1) is 0 Å². The summed E-state index contributed by atoms with van der Waals surface area (Å²) in [7, 11) is 0. The molecule has 7 nitrogen and oxygen atoms in total. The van der Waals surface area contributed by atoms with Gasteiger partial charge >= 0.3 is 0 Å². The number of amides is 2. The summed E-state index contributed by atoms with van der Waals surface area (Å²) in [6.45, 7) is 0. The fourth-order valence-electron chi connectivity index (χ4n) is 2.54.